The van der Waals surface area contributed by atoms with Gasteiger partial charge in [0.15, 0.2) is 5.96 Å². The van der Waals surface area contributed by atoms with E-state index < -0.39 is 15.6 Å². The van der Waals surface area contributed by atoms with Gasteiger partial charge < -0.3 is 10.6 Å². The van der Waals surface area contributed by atoms with Crippen LogP contribution in [-0.4, -0.2) is 39.3 Å². The second-order valence-electron chi connectivity index (χ2n) is 6.68. The zero-order valence-corrected chi connectivity index (χ0v) is 19.0. The van der Waals surface area contributed by atoms with Gasteiger partial charge in [0.2, 0.25) is 10.0 Å². The smallest absolute Gasteiger partial charge is 0.209 e. The third-order valence-corrected chi connectivity index (χ3v) is 4.37. The first kappa shape index (κ1) is 24.1. The lowest BCUT2D eigenvalue weighted by atomic mass is 10.0. The van der Waals surface area contributed by atoms with Crippen molar-refractivity contribution >= 4 is 40.0 Å². The lowest BCUT2D eigenvalue weighted by Crippen LogP contribution is -2.47. The molecule has 0 aliphatic rings. The summed E-state index contributed by atoms with van der Waals surface area (Å²) in [6.07, 6.45) is 1.15. The highest BCUT2D eigenvalue weighted by molar-refractivity contribution is 14.0. The maximum Gasteiger partial charge on any atom is 0.209 e. The molecule has 1 aromatic carbocycles. The molecule has 0 amide bonds. The number of guanidine groups is 1. The van der Waals surface area contributed by atoms with Crippen molar-refractivity contribution < 1.29 is 8.42 Å². The van der Waals surface area contributed by atoms with Crippen molar-refractivity contribution in [3.8, 4) is 0 Å². The Labute approximate surface area is 169 Å². The van der Waals surface area contributed by atoms with Crippen molar-refractivity contribution in [1.29, 1.82) is 0 Å². The molecule has 144 valence electrons. The molecule has 0 aromatic heterocycles. The minimum Gasteiger partial charge on any atom is -0.357 e. The summed E-state index contributed by atoms with van der Waals surface area (Å²) in [7, 11) is -3.27. The summed E-state index contributed by atoms with van der Waals surface area (Å²) < 4.78 is 25.5. The fourth-order valence-electron chi connectivity index (χ4n) is 2.49. The zero-order chi connectivity index (χ0) is 18.4. The predicted octanol–water partition coefficient (Wildman–Crippen LogP) is 2.56. The first-order valence-electron chi connectivity index (χ1n) is 8.13. The van der Waals surface area contributed by atoms with Crippen LogP contribution < -0.4 is 15.4 Å². The second kappa shape index (κ2) is 10.3. The molecule has 1 unspecified atom stereocenters. The number of aryl methyl sites for hydroxylation is 1. The van der Waals surface area contributed by atoms with Crippen LogP contribution in [0.2, 0.25) is 0 Å². The molecule has 0 radical (unpaired) electrons. The average molecular weight is 482 g/mol. The summed E-state index contributed by atoms with van der Waals surface area (Å²) in [6.45, 7) is 10.8. The molecule has 0 spiro atoms. The highest BCUT2D eigenvalue weighted by Gasteiger charge is 2.22. The number of hydrogen-bond acceptors (Lipinski definition) is 3. The van der Waals surface area contributed by atoms with Crippen LogP contribution in [0.5, 0.6) is 0 Å². The quantitative estimate of drug-likeness (QED) is 0.317. The number of sulfonamides is 1. The van der Waals surface area contributed by atoms with Crippen LogP contribution in [-0.2, 0) is 10.0 Å². The largest absolute Gasteiger partial charge is 0.357 e. The van der Waals surface area contributed by atoms with Gasteiger partial charge in [-0.3, -0.25) is 4.99 Å². The van der Waals surface area contributed by atoms with E-state index in [-0.39, 0.29) is 30.0 Å². The normalized spacial score (nSPS) is 13.8. The van der Waals surface area contributed by atoms with Gasteiger partial charge in [-0.1, -0.05) is 24.3 Å². The minimum atomic E-state index is -3.27. The van der Waals surface area contributed by atoms with Crippen molar-refractivity contribution in [3.05, 3.63) is 35.4 Å². The van der Waals surface area contributed by atoms with E-state index in [4.69, 9.17) is 0 Å². The molecule has 0 aliphatic heterocycles. The number of nitrogens with one attached hydrogen (secondary N) is 3. The van der Waals surface area contributed by atoms with Gasteiger partial charge in [-0.15, -0.1) is 24.0 Å². The van der Waals surface area contributed by atoms with Gasteiger partial charge in [0.1, 0.15) is 0 Å². The number of rotatable bonds is 7. The molecule has 0 fully saturated rings. The molecule has 1 aromatic rings. The van der Waals surface area contributed by atoms with Crippen LogP contribution in [0.4, 0.5) is 0 Å². The maximum atomic E-state index is 11.4. The van der Waals surface area contributed by atoms with Gasteiger partial charge in [-0.2, -0.15) is 0 Å². The molecule has 1 atom stereocenters. The fraction of sp³-hybridized carbons (Fsp3) is 0.588. The number of halogens is 1. The van der Waals surface area contributed by atoms with Crippen LogP contribution in [0.25, 0.3) is 0 Å². The van der Waals surface area contributed by atoms with Crippen LogP contribution in [0, 0.1) is 6.92 Å². The number of benzene rings is 1. The highest BCUT2D eigenvalue weighted by atomic mass is 127. The van der Waals surface area contributed by atoms with Gasteiger partial charge in [0, 0.05) is 12.1 Å². The molecule has 6 nitrogen and oxygen atoms in total. The molecule has 0 saturated heterocycles. The third-order valence-electron chi connectivity index (χ3n) is 3.45. The first-order chi connectivity index (χ1) is 11.0. The van der Waals surface area contributed by atoms with E-state index >= 15 is 0 Å². The average Bonchev–Trinajstić information content (AvgIpc) is 2.43. The van der Waals surface area contributed by atoms with Crippen LogP contribution in [0.1, 0.15) is 44.9 Å². The molecule has 0 aliphatic carbocycles. The predicted molar refractivity (Wildman–Crippen MR) is 116 cm³/mol. The third kappa shape index (κ3) is 9.41. The number of hydrogen-bond donors (Lipinski definition) is 3. The zero-order valence-electron chi connectivity index (χ0n) is 15.9. The Morgan fingerprint density at radius 2 is 1.88 bits per heavy atom. The molecule has 0 saturated carbocycles. The highest BCUT2D eigenvalue weighted by Crippen LogP contribution is 2.16. The Hall–Kier alpha value is -0.870. The number of aliphatic imine (C=N–C) groups is 1. The Bertz CT molecular complexity index is 675. The van der Waals surface area contributed by atoms with E-state index in [1.807, 2.05) is 32.9 Å². The summed E-state index contributed by atoms with van der Waals surface area (Å²) in [5.41, 5.74) is 1.77. The topological polar surface area (TPSA) is 82.6 Å². The molecular weight excluding hydrogens is 451 g/mol. The van der Waals surface area contributed by atoms with Gasteiger partial charge in [0.05, 0.1) is 18.8 Å². The van der Waals surface area contributed by atoms with Gasteiger partial charge in [0.25, 0.3) is 0 Å². The standard InChI is InChI=1S/C17H30N4O2S.HI/c1-7-18-16(19-12-17(4,5)21-24(6,22)23)20-14(3)15-11-9-8-10-13(15)2;/h8-11,14,21H,7,12H2,1-6H3,(H2,18,19,20);1H. The first-order valence-corrected chi connectivity index (χ1v) is 10.0. The molecule has 0 heterocycles. The van der Waals surface area contributed by atoms with E-state index in [1.54, 1.807) is 0 Å². The molecule has 3 N–H and O–H groups in total. The summed E-state index contributed by atoms with van der Waals surface area (Å²) in [6, 6.07) is 8.30. The van der Waals surface area contributed by atoms with Crippen molar-refractivity contribution in [2.24, 2.45) is 4.99 Å². The van der Waals surface area contributed by atoms with E-state index in [1.165, 1.54) is 11.1 Å². The summed E-state index contributed by atoms with van der Waals surface area (Å²) in [4.78, 5) is 4.53. The summed E-state index contributed by atoms with van der Waals surface area (Å²) in [5.74, 6) is 0.664. The number of nitrogens with zero attached hydrogens (tertiary/aromatic N) is 1. The van der Waals surface area contributed by atoms with Crippen molar-refractivity contribution in [2.45, 2.75) is 46.2 Å². The lowest BCUT2D eigenvalue weighted by molar-refractivity contribution is 0.464. The molecule has 1 rings (SSSR count). The maximum absolute atomic E-state index is 11.4. The molecular formula is C17H31IN4O2S. The second-order valence-corrected chi connectivity index (χ2v) is 8.42. The molecule has 25 heavy (non-hydrogen) atoms. The van der Waals surface area contributed by atoms with Crippen molar-refractivity contribution in [3.63, 3.8) is 0 Å². The van der Waals surface area contributed by atoms with E-state index in [0.29, 0.717) is 12.5 Å². The van der Waals surface area contributed by atoms with Crippen LogP contribution in [0.15, 0.2) is 29.3 Å². The summed E-state index contributed by atoms with van der Waals surface area (Å²) >= 11 is 0. The minimum absolute atomic E-state index is 0. The van der Waals surface area contributed by atoms with Gasteiger partial charge in [-0.05, 0) is 45.7 Å². The lowest BCUT2D eigenvalue weighted by Gasteiger charge is -2.24. The van der Waals surface area contributed by atoms with Crippen LogP contribution in [0.3, 0.4) is 0 Å². The molecule has 8 heteroatoms. The fourth-order valence-corrected chi connectivity index (χ4v) is 3.55. The summed E-state index contributed by atoms with van der Waals surface area (Å²) in [5, 5.41) is 6.57. The Morgan fingerprint density at radius 1 is 1.28 bits per heavy atom. The SMILES string of the molecule is CCNC(=NCC(C)(C)NS(C)(=O)=O)NC(C)c1ccccc1C.I. The van der Waals surface area contributed by atoms with E-state index in [0.717, 1.165) is 12.8 Å². The van der Waals surface area contributed by atoms with Gasteiger partial charge >= 0.3 is 0 Å². The van der Waals surface area contributed by atoms with Crippen molar-refractivity contribution in [1.82, 2.24) is 15.4 Å². The Morgan fingerprint density at radius 3 is 2.40 bits per heavy atom. The van der Waals surface area contributed by atoms with Gasteiger partial charge in [-0.25, -0.2) is 13.1 Å². The Kier molecular flexibility index (Phi) is 9.96. The Balaban J connectivity index is 0.00000576. The monoisotopic (exact) mass is 482 g/mol. The van der Waals surface area contributed by atoms with Crippen molar-refractivity contribution in [2.75, 3.05) is 19.3 Å². The van der Waals surface area contributed by atoms with Crippen LogP contribution >= 0.6 is 24.0 Å². The van der Waals surface area contributed by atoms with E-state index in [9.17, 15) is 8.42 Å². The molecule has 0 bridgehead atoms. The van der Waals surface area contributed by atoms with E-state index in [2.05, 4.69) is 46.3 Å².